The van der Waals surface area contributed by atoms with Gasteiger partial charge in [0.1, 0.15) is 0 Å². The lowest BCUT2D eigenvalue weighted by atomic mass is 9.84. The van der Waals surface area contributed by atoms with Gasteiger partial charge in [0.2, 0.25) is 0 Å². The first-order valence-corrected chi connectivity index (χ1v) is 7.75. The van der Waals surface area contributed by atoms with E-state index in [2.05, 4.69) is 4.90 Å². The molecule has 1 aliphatic heterocycles. The van der Waals surface area contributed by atoms with Gasteiger partial charge in [0, 0.05) is 6.04 Å². The molecule has 0 aromatic heterocycles. The molecule has 1 saturated heterocycles. The van der Waals surface area contributed by atoms with Crippen LogP contribution in [-0.4, -0.2) is 47.7 Å². The zero-order valence-electron chi connectivity index (χ0n) is 12.2. The number of hydrogen-bond donors (Lipinski definition) is 1. The van der Waals surface area contributed by atoms with Crippen LogP contribution < -0.4 is 0 Å². The van der Waals surface area contributed by atoms with E-state index in [0.717, 1.165) is 51.6 Å². The first kappa shape index (κ1) is 15.3. The predicted molar refractivity (Wildman–Crippen MR) is 74.3 cm³/mol. The fourth-order valence-corrected chi connectivity index (χ4v) is 3.45. The molecule has 2 aliphatic rings. The lowest BCUT2D eigenvalue weighted by Crippen LogP contribution is -2.45. The molecule has 5 heteroatoms. The highest BCUT2D eigenvalue weighted by Crippen LogP contribution is 2.30. The average molecular weight is 283 g/mol. The number of aliphatic carboxylic acids is 1. The van der Waals surface area contributed by atoms with Crippen LogP contribution in [0.1, 0.15) is 45.4 Å². The molecule has 0 amide bonds. The van der Waals surface area contributed by atoms with Gasteiger partial charge in [-0.3, -0.25) is 9.59 Å². The maximum Gasteiger partial charge on any atom is 0.309 e. The van der Waals surface area contributed by atoms with Crippen LogP contribution >= 0.6 is 0 Å². The van der Waals surface area contributed by atoms with Crippen LogP contribution in [0.25, 0.3) is 0 Å². The minimum Gasteiger partial charge on any atom is -0.481 e. The minimum absolute atomic E-state index is 0.0539. The van der Waals surface area contributed by atoms with Gasteiger partial charge in [0.05, 0.1) is 18.4 Å². The highest BCUT2D eigenvalue weighted by Gasteiger charge is 2.33. The molecule has 0 radical (unpaired) electrons. The van der Waals surface area contributed by atoms with Crippen LogP contribution in [0.3, 0.4) is 0 Å². The molecular formula is C15H25NO4. The predicted octanol–water partition coefficient (Wildman–Crippen LogP) is 1.90. The van der Waals surface area contributed by atoms with E-state index in [-0.39, 0.29) is 17.8 Å². The number of carbonyl (C=O) groups excluding carboxylic acids is 1. The molecule has 1 saturated carbocycles. The molecule has 5 nitrogen and oxygen atoms in total. The Morgan fingerprint density at radius 1 is 1.05 bits per heavy atom. The molecule has 0 aromatic rings. The van der Waals surface area contributed by atoms with Gasteiger partial charge >= 0.3 is 11.9 Å². The molecule has 0 spiro atoms. The number of hydrogen-bond acceptors (Lipinski definition) is 4. The summed E-state index contributed by atoms with van der Waals surface area (Å²) in [4.78, 5) is 25.1. The molecule has 0 atom stereocenters. The molecule has 1 heterocycles. The smallest absolute Gasteiger partial charge is 0.309 e. The molecule has 1 aliphatic carbocycles. The quantitative estimate of drug-likeness (QED) is 0.798. The number of rotatable bonds is 4. The molecule has 20 heavy (non-hydrogen) atoms. The monoisotopic (exact) mass is 283 g/mol. The molecule has 0 aromatic carbocycles. The zero-order valence-corrected chi connectivity index (χ0v) is 12.2. The minimum atomic E-state index is -0.649. The Hall–Kier alpha value is -1.10. The van der Waals surface area contributed by atoms with Crippen LogP contribution in [0, 0.1) is 11.8 Å². The first-order valence-electron chi connectivity index (χ1n) is 7.75. The van der Waals surface area contributed by atoms with E-state index in [1.54, 1.807) is 0 Å². The van der Waals surface area contributed by atoms with Crippen molar-refractivity contribution in [2.75, 3.05) is 19.7 Å². The Bertz CT molecular complexity index is 342. The molecule has 2 rings (SSSR count). The van der Waals surface area contributed by atoms with Crippen LogP contribution in [0.4, 0.5) is 0 Å². The summed E-state index contributed by atoms with van der Waals surface area (Å²) in [6, 6.07) is 0.508. The third kappa shape index (κ3) is 3.72. The van der Waals surface area contributed by atoms with Gasteiger partial charge in [0.15, 0.2) is 0 Å². The third-order valence-corrected chi connectivity index (χ3v) is 4.71. The Balaban J connectivity index is 1.75. The number of esters is 1. The van der Waals surface area contributed by atoms with E-state index in [0.29, 0.717) is 12.6 Å². The van der Waals surface area contributed by atoms with E-state index >= 15 is 0 Å². The Morgan fingerprint density at radius 3 is 2.15 bits per heavy atom. The lowest BCUT2D eigenvalue weighted by molar-refractivity contribution is -0.150. The highest BCUT2D eigenvalue weighted by molar-refractivity contribution is 5.72. The van der Waals surface area contributed by atoms with Crippen molar-refractivity contribution in [2.45, 2.75) is 51.5 Å². The van der Waals surface area contributed by atoms with Crippen LogP contribution in [0.5, 0.6) is 0 Å². The maximum atomic E-state index is 11.7. The van der Waals surface area contributed by atoms with Crippen molar-refractivity contribution in [1.82, 2.24) is 4.90 Å². The maximum absolute atomic E-state index is 11.7. The van der Waals surface area contributed by atoms with Crippen molar-refractivity contribution in [3.05, 3.63) is 0 Å². The number of carbonyl (C=O) groups is 2. The van der Waals surface area contributed by atoms with Crippen molar-refractivity contribution < 1.29 is 19.4 Å². The van der Waals surface area contributed by atoms with Crippen molar-refractivity contribution >= 4 is 11.9 Å². The summed E-state index contributed by atoms with van der Waals surface area (Å²) in [6.45, 7) is 4.17. The van der Waals surface area contributed by atoms with Crippen LogP contribution in [0.15, 0.2) is 0 Å². The molecule has 114 valence electrons. The van der Waals surface area contributed by atoms with Gasteiger partial charge in [-0.05, 0) is 58.5 Å². The Labute approximate surface area is 120 Å². The van der Waals surface area contributed by atoms with Crippen molar-refractivity contribution in [2.24, 2.45) is 11.8 Å². The summed E-state index contributed by atoms with van der Waals surface area (Å²) in [5.41, 5.74) is 0. The van der Waals surface area contributed by atoms with Gasteiger partial charge < -0.3 is 14.7 Å². The number of nitrogens with zero attached hydrogens (tertiary/aromatic N) is 1. The second-order valence-corrected chi connectivity index (χ2v) is 5.91. The van der Waals surface area contributed by atoms with Gasteiger partial charge in [-0.15, -0.1) is 0 Å². The number of carboxylic acids is 1. The van der Waals surface area contributed by atoms with E-state index in [1.807, 2.05) is 6.92 Å². The molecule has 0 unspecified atom stereocenters. The summed E-state index contributed by atoms with van der Waals surface area (Å²) in [6.07, 6.45) is 5.27. The lowest BCUT2D eigenvalue weighted by Gasteiger charge is -2.39. The number of likely N-dealkylation sites (tertiary alicyclic amines) is 1. The summed E-state index contributed by atoms with van der Waals surface area (Å²) in [5.74, 6) is -0.795. The van der Waals surface area contributed by atoms with E-state index in [1.165, 1.54) is 0 Å². The van der Waals surface area contributed by atoms with Crippen molar-refractivity contribution in [1.29, 1.82) is 0 Å². The Morgan fingerprint density at radius 2 is 1.65 bits per heavy atom. The fraction of sp³-hybridized carbons (Fsp3) is 0.867. The fourth-order valence-electron chi connectivity index (χ4n) is 3.45. The van der Waals surface area contributed by atoms with Crippen molar-refractivity contribution in [3.63, 3.8) is 0 Å². The molecular weight excluding hydrogens is 258 g/mol. The van der Waals surface area contributed by atoms with Crippen LogP contribution in [-0.2, 0) is 14.3 Å². The van der Waals surface area contributed by atoms with Gasteiger partial charge in [-0.25, -0.2) is 0 Å². The number of ether oxygens (including phenoxy) is 1. The highest BCUT2D eigenvalue weighted by atomic mass is 16.5. The van der Waals surface area contributed by atoms with Crippen molar-refractivity contribution in [3.8, 4) is 0 Å². The second-order valence-electron chi connectivity index (χ2n) is 5.91. The topological polar surface area (TPSA) is 66.8 Å². The largest absolute Gasteiger partial charge is 0.481 e. The molecule has 1 N–H and O–H groups in total. The van der Waals surface area contributed by atoms with Gasteiger partial charge in [0.25, 0.3) is 0 Å². The second kappa shape index (κ2) is 7.07. The SMILES string of the molecule is CCOC(=O)C1CCN(C2CCC(C(=O)O)CC2)CC1. The summed E-state index contributed by atoms with van der Waals surface area (Å²) < 4.78 is 5.08. The summed E-state index contributed by atoms with van der Waals surface area (Å²) in [5, 5.41) is 9.02. The van der Waals surface area contributed by atoms with Gasteiger partial charge in [-0.2, -0.15) is 0 Å². The standard InChI is InChI=1S/C15H25NO4/c1-2-20-15(19)12-7-9-16(10-8-12)13-5-3-11(4-6-13)14(17)18/h11-13H,2-10H2,1H3,(H,17,18). The molecule has 2 fully saturated rings. The van der Waals surface area contributed by atoms with E-state index in [9.17, 15) is 9.59 Å². The zero-order chi connectivity index (χ0) is 14.5. The first-order chi connectivity index (χ1) is 9.61. The number of piperidine rings is 1. The van der Waals surface area contributed by atoms with E-state index < -0.39 is 5.97 Å². The normalized spacial score (nSPS) is 29.1. The molecule has 0 bridgehead atoms. The summed E-state index contributed by atoms with van der Waals surface area (Å²) in [7, 11) is 0. The average Bonchev–Trinajstić information content (AvgIpc) is 2.48. The van der Waals surface area contributed by atoms with Gasteiger partial charge in [-0.1, -0.05) is 0 Å². The van der Waals surface area contributed by atoms with E-state index in [4.69, 9.17) is 9.84 Å². The number of carboxylic acid groups (broad SMARTS) is 1. The van der Waals surface area contributed by atoms with Crippen LogP contribution in [0.2, 0.25) is 0 Å². The third-order valence-electron chi connectivity index (χ3n) is 4.71. The summed E-state index contributed by atoms with van der Waals surface area (Å²) >= 11 is 0. The Kier molecular flexibility index (Phi) is 5.40.